The van der Waals surface area contributed by atoms with Crippen molar-refractivity contribution in [1.29, 1.82) is 0 Å². The summed E-state index contributed by atoms with van der Waals surface area (Å²) in [7, 11) is 1.68. The van der Waals surface area contributed by atoms with Crippen molar-refractivity contribution >= 4 is 29.4 Å². The third kappa shape index (κ3) is 4.80. The van der Waals surface area contributed by atoms with Crippen LogP contribution >= 0.6 is 0 Å². The van der Waals surface area contributed by atoms with E-state index >= 15 is 0 Å². The SMILES string of the molecule is CN1C(=O)COc2cc([C@@H](CC(=O)O)N3CCN(CCCc4ccc5c(n4)NCCC5)C3=O)ccc21. The van der Waals surface area contributed by atoms with Crippen molar-refractivity contribution in [2.45, 2.75) is 38.1 Å². The lowest BCUT2D eigenvalue weighted by atomic mass is 10.0. The van der Waals surface area contributed by atoms with Gasteiger partial charge in [0.2, 0.25) is 0 Å². The number of amides is 3. The molecular weight excluding hydrogens is 462 g/mol. The number of aromatic nitrogens is 1. The summed E-state index contributed by atoms with van der Waals surface area (Å²) in [6, 6.07) is 8.69. The summed E-state index contributed by atoms with van der Waals surface area (Å²) in [5, 5.41) is 12.9. The van der Waals surface area contributed by atoms with Crippen LogP contribution < -0.4 is 15.0 Å². The molecular formula is C26H31N5O5. The fraction of sp³-hybridized carbons (Fsp3) is 0.462. The first kappa shape index (κ1) is 23.9. The molecule has 1 atom stereocenters. The average molecular weight is 494 g/mol. The summed E-state index contributed by atoms with van der Waals surface area (Å²) in [6.07, 6.45) is 3.52. The zero-order chi connectivity index (χ0) is 25.2. The molecule has 0 radical (unpaired) electrons. The number of aliphatic carboxylic acids is 1. The van der Waals surface area contributed by atoms with E-state index in [1.54, 1.807) is 35.0 Å². The first-order chi connectivity index (χ1) is 17.4. The summed E-state index contributed by atoms with van der Waals surface area (Å²) < 4.78 is 5.58. The van der Waals surface area contributed by atoms with E-state index in [1.165, 1.54) is 10.5 Å². The summed E-state index contributed by atoms with van der Waals surface area (Å²) >= 11 is 0. The van der Waals surface area contributed by atoms with Gasteiger partial charge in [0.15, 0.2) is 6.61 Å². The van der Waals surface area contributed by atoms with Crippen molar-refractivity contribution in [3.8, 4) is 5.75 Å². The van der Waals surface area contributed by atoms with Gasteiger partial charge in [0.05, 0.1) is 18.2 Å². The predicted octanol–water partition coefficient (Wildman–Crippen LogP) is 2.68. The van der Waals surface area contributed by atoms with Gasteiger partial charge in [-0.05, 0) is 55.0 Å². The van der Waals surface area contributed by atoms with Crippen molar-refractivity contribution in [3.63, 3.8) is 0 Å². The number of hydrogen-bond acceptors (Lipinski definition) is 6. The molecule has 2 aromatic rings. The molecule has 0 bridgehead atoms. The summed E-state index contributed by atoms with van der Waals surface area (Å²) in [6.45, 7) is 2.47. The van der Waals surface area contributed by atoms with E-state index in [4.69, 9.17) is 9.72 Å². The van der Waals surface area contributed by atoms with Gasteiger partial charge in [-0.3, -0.25) is 9.59 Å². The number of likely N-dealkylation sites (N-methyl/N-ethyl adjacent to an activating group) is 1. The topological polar surface area (TPSA) is 115 Å². The second-order valence-corrected chi connectivity index (χ2v) is 9.49. The molecule has 3 aliphatic rings. The van der Waals surface area contributed by atoms with Crippen LogP contribution in [0.5, 0.6) is 5.75 Å². The molecule has 36 heavy (non-hydrogen) atoms. The molecule has 2 N–H and O–H groups in total. The number of carboxylic acids is 1. The Morgan fingerprint density at radius 1 is 1.22 bits per heavy atom. The van der Waals surface area contributed by atoms with E-state index < -0.39 is 12.0 Å². The maximum absolute atomic E-state index is 13.3. The van der Waals surface area contributed by atoms with E-state index in [0.29, 0.717) is 36.6 Å². The van der Waals surface area contributed by atoms with Crippen LogP contribution in [0.2, 0.25) is 0 Å². The molecule has 4 heterocycles. The predicted molar refractivity (Wildman–Crippen MR) is 133 cm³/mol. The number of ether oxygens (including phenoxy) is 1. The molecule has 5 rings (SSSR count). The standard InChI is InChI=1S/C26H31N5O5/c1-29-20-9-7-18(14-22(20)36-16-23(29)32)21(15-24(33)34)31-13-12-30(26(31)35)11-3-5-19-8-6-17-4-2-10-27-25(17)28-19/h6-9,14,21H,2-5,10-13,15-16H2,1H3,(H,27,28)(H,33,34)/t21-/m1/s1. The Morgan fingerprint density at radius 2 is 2.08 bits per heavy atom. The van der Waals surface area contributed by atoms with Crippen LogP contribution in [0.1, 0.15) is 42.1 Å². The maximum atomic E-state index is 13.3. The van der Waals surface area contributed by atoms with Crippen LogP contribution in [-0.4, -0.2) is 77.6 Å². The highest BCUT2D eigenvalue weighted by molar-refractivity contribution is 5.97. The van der Waals surface area contributed by atoms with Crippen molar-refractivity contribution in [1.82, 2.24) is 14.8 Å². The van der Waals surface area contributed by atoms with Gasteiger partial charge in [0.1, 0.15) is 11.6 Å². The molecule has 3 amide bonds. The monoisotopic (exact) mass is 493 g/mol. The number of carbonyl (C=O) groups is 3. The minimum atomic E-state index is -0.982. The van der Waals surface area contributed by atoms with Gasteiger partial charge in [-0.2, -0.15) is 0 Å². The van der Waals surface area contributed by atoms with Crippen molar-refractivity contribution in [2.24, 2.45) is 0 Å². The van der Waals surface area contributed by atoms with E-state index in [2.05, 4.69) is 17.4 Å². The molecule has 10 heteroatoms. The van der Waals surface area contributed by atoms with Gasteiger partial charge < -0.3 is 29.9 Å². The first-order valence-corrected chi connectivity index (χ1v) is 12.4. The summed E-state index contributed by atoms with van der Waals surface area (Å²) in [5.74, 6) is 0.359. The number of nitrogens with zero attached hydrogens (tertiary/aromatic N) is 4. The lowest BCUT2D eigenvalue weighted by Crippen LogP contribution is -2.37. The van der Waals surface area contributed by atoms with Gasteiger partial charge in [-0.15, -0.1) is 0 Å². The second-order valence-electron chi connectivity index (χ2n) is 9.49. The first-order valence-electron chi connectivity index (χ1n) is 12.4. The molecule has 1 fully saturated rings. The second kappa shape index (κ2) is 10.0. The Balaban J connectivity index is 1.24. The van der Waals surface area contributed by atoms with Crippen LogP contribution in [0, 0.1) is 0 Å². The van der Waals surface area contributed by atoms with Crippen molar-refractivity contribution in [3.05, 3.63) is 47.2 Å². The normalized spacial score (nSPS) is 17.9. The molecule has 1 aromatic heterocycles. The molecule has 0 spiro atoms. The van der Waals surface area contributed by atoms with Crippen LogP contribution in [0.15, 0.2) is 30.3 Å². The van der Waals surface area contributed by atoms with Crippen molar-refractivity contribution < 1.29 is 24.2 Å². The zero-order valence-corrected chi connectivity index (χ0v) is 20.4. The molecule has 190 valence electrons. The molecule has 1 aromatic carbocycles. The number of carbonyl (C=O) groups excluding carboxylic acids is 2. The average Bonchev–Trinajstić information content (AvgIpc) is 3.24. The minimum absolute atomic E-state index is 0.0673. The summed E-state index contributed by atoms with van der Waals surface area (Å²) in [4.78, 5) is 46.5. The molecule has 0 saturated carbocycles. The summed E-state index contributed by atoms with van der Waals surface area (Å²) in [5.41, 5.74) is 3.57. The number of pyridine rings is 1. The number of carboxylic acid groups (broad SMARTS) is 1. The number of nitrogens with one attached hydrogen (secondary N) is 1. The molecule has 0 aliphatic carbocycles. The van der Waals surface area contributed by atoms with Crippen molar-refractivity contribution in [2.75, 3.05) is 50.1 Å². The Labute approximate surface area is 209 Å². The minimum Gasteiger partial charge on any atom is -0.482 e. The number of aryl methyl sites for hydroxylation is 2. The van der Waals surface area contributed by atoms with E-state index in [-0.39, 0.29) is 25.0 Å². The van der Waals surface area contributed by atoms with Crippen LogP contribution in [0.25, 0.3) is 0 Å². The lowest BCUT2D eigenvalue weighted by Gasteiger charge is -2.30. The lowest BCUT2D eigenvalue weighted by molar-refractivity contribution is -0.138. The quantitative estimate of drug-likeness (QED) is 0.581. The molecule has 1 saturated heterocycles. The van der Waals surface area contributed by atoms with Crippen LogP contribution in [-0.2, 0) is 22.4 Å². The van der Waals surface area contributed by atoms with Crippen LogP contribution in [0.3, 0.4) is 0 Å². The number of hydrogen-bond donors (Lipinski definition) is 2. The van der Waals surface area contributed by atoms with Gasteiger partial charge >= 0.3 is 12.0 Å². The smallest absolute Gasteiger partial charge is 0.320 e. The number of urea groups is 1. The maximum Gasteiger partial charge on any atom is 0.320 e. The molecule has 10 nitrogen and oxygen atoms in total. The highest BCUT2D eigenvalue weighted by Gasteiger charge is 2.36. The Bertz CT molecular complexity index is 1190. The molecule has 0 unspecified atom stereocenters. The van der Waals surface area contributed by atoms with Gasteiger partial charge in [-0.1, -0.05) is 12.1 Å². The fourth-order valence-corrected chi connectivity index (χ4v) is 5.13. The third-order valence-electron chi connectivity index (χ3n) is 7.14. The highest BCUT2D eigenvalue weighted by Crippen LogP contribution is 2.37. The fourth-order valence-electron chi connectivity index (χ4n) is 5.13. The van der Waals surface area contributed by atoms with Gasteiger partial charge in [0, 0.05) is 38.9 Å². The van der Waals surface area contributed by atoms with Gasteiger partial charge in [0.25, 0.3) is 5.91 Å². The van der Waals surface area contributed by atoms with E-state index in [9.17, 15) is 19.5 Å². The largest absolute Gasteiger partial charge is 0.482 e. The number of rotatable bonds is 8. The third-order valence-corrected chi connectivity index (χ3v) is 7.14. The Kier molecular flexibility index (Phi) is 6.67. The molecule has 3 aliphatic heterocycles. The van der Waals surface area contributed by atoms with Crippen LogP contribution in [0.4, 0.5) is 16.3 Å². The number of fused-ring (bicyclic) bond motifs is 2. The van der Waals surface area contributed by atoms with E-state index in [0.717, 1.165) is 43.7 Å². The Morgan fingerprint density at radius 3 is 2.92 bits per heavy atom. The number of anilines is 2. The van der Waals surface area contributed by atoms with E-state index in [1.807, 2.05) is 0 Å². The number of benzene rings is 1. The van der Waals surface area contributed by atoms with Gasteiger partial charge in [-0.25, -0.2) is 9.78 Å². The Hall–Kier alpha value is -3.82. The highest BCUT2D eigenvalue weighted by atomic mass is 16.5. The zero-order valence-electron chi connectivity index (χ0n) is 20.4.